The van der Waals surface area contributed by atoms with Crippen LogP contribution in [0.1, 0.15) is 17.3 Å². The van der Waals surface area contributed by atoms with Crippen LogP contribution < -0.4 is 10.1 Å². The van der Waals surface area contributed by atoms with Crippen molar-refractivity contribution in [2.45, 2.75) is 16.9 Å². The van der Waals surface area contributed by atoms with Crippen LogP contribution in [0.4, 0.5) is 0 Å². The SMILES string of the molecule is CC(=O)NC(Oc1ccc(C=O)cc1)C(Cl)(Cl)Cl. The Kier molecular flexibility index (Phi) is 5.26. The van der Waals surface area contributed by atoms with Crippen molar-refractivity contribution in [1.82, 2.24) is 5.32 Å². The molecule has 0 spiro atoms. The van der Waals surface area contributed by atoms with E-state index in [0.717, 1.165) is 0 Å². The van der Waals surface area contributed by atoms with Gasteiger partial charge in [0.1, 0.15) is 12.0 Å². The van der Waals surface area contributed by atoms with Crippen molar-refractivity contribution < 1.29 is 14.3 Å². The number of ether oxygens (including phenoxy) is 1. The fraction of sp³-hybridized carbons (Fsp3) is 0.273. The summed E-state index contributed by atoms with van der Waals surface area (Å²) in [4.78, 5) is 21.5. The van der Waals surface area contributed by atoms with E-state index in [1.807, 2.05) is 0 Å². The summed E-state index contributed by atoms with van der Waals surface area (Å²) in [6.45, 7) is 1.28. The lowest BCUT2D eigenvalue weighted by atomic mass is 10.2. The fourth-order valence-corrected chi connectivity index (χ4v) is 1.42. The van der Waals surface area contributed by atoms with Crippen molar-refractivity contribution >= 4 is 47.0 Å². The molecule has 1 amide bonds. The molecule has 1 unspecified atom stereocenters. The molecule has 0 radical (unpaired) electrons. The summed E-state index contributed by atoms with van der Waals surface area (Å²) in [7, 11) is 0. The highest BCUT2D eigenvalue weighted by atomic mass is 35.6. The number of amides is 1. The van der Waals surface area contributed by atoms with Gasteiger partial charge in [-0.15, -0.1) is 0 Å². The van der Waals surface area contributed by atoms with Crippen LogP contribution in [0.25, 0.3) is 0 Å². The monoisotopic (exact) mass is 309 g/mol. The maximum Gasteiger partial charge on any atom is 0.246 e. The number of carbonyl (C=O) groups excluding carboxylic acids is 2. The average molecular weight is 311 g/mol. The molecule has 0 aliphatic heterocycles. The van der Waals surface area contributed by atoms with E-state index in [0.29, 0.717) is 17.6 Å². The van der Waals surface area contributed by atoms with Gasteiger partial charge >= 0.3 is 0 Å². The van der Waals surface area contributed by atoms with Gasteiger partial charge in [0.15, 0.2) is 0 Å². The van der Waals surface area contributed by atoms with Gasteiger partial charge in [0.25, 0.3) is 0 Å². The third-order valence-corrected chi connectivity index (χ3v) is 2.50. The molecule has 1 N–H and O–H groups in total. The molecule has 0 fully saturated rings. The first-order chi connectivity index (χ1) is 8.32. The number of nitrogens with one attached hydrogen (secondary N) is 1. The number of hydrogen-bond donors (Lipinski definition) is 1. The normalized spacial score (nSPS) is 12.7. The molecule has 1 aromatic rings. The van der Waals surface area contributed by atoms with Gasteiger partial charge in [-0.2, -0.15) is 0 Å². The topological polar surface area (TPSA) is 55.4 Å². The number of alkyl halides is 3. The number of carbonyl (C=O) groups is 2. The minimum absolute atomic E-state index is 0.366. The van der Waals surface area contributed by atoms with Crippen LogP contribution in [0.15, 0.2) is 24.3 Å². The van der Waals surface area contributed by atoms with E-state index in [4.69, 9.17) is 39.5 Å². The Labute approximate surface area is 119 Å². The maximum absolute atomic E-state index is 11.0. The number of hydrogen-bond acceptors (Lipinski definition) is 3. The molecule has 0 bridgehead atoms. The minimum atomic E-state index is -1.81. The van der Waals surface area contributed by atoms with Gasteiger partial charge in [0.05, 0.1) is 0 Å². The highest BCUT2D eigenvalue weighted by Gasteiger charge is 2.35. The van der Waals surface area contributed by atoms with Crippen molar-refractivity contribution in [2.75, 3.05) is 0 Å². The zero-order valence-corrected chi connectivity index (χ0v) is 11.6. The molecule has 1 atom stereocenters. The molecule has 18 heavy (non-hydrogen) atoms. The number of rotatable bonds is 4. The van der Waals surface area contributed by atoms with Crippen LogP contribution in [0.5, 0.6) is 5.75 Å². The van der Waals surface area contributed by atoms with Gasteiger partial charge in [0.2, 0.25) is 15.9 Å². The van der Waals surface area contributed by atoms with Crippen LogP contribution >= 0.6 is 34.8 Å². The second-order valence-electron chi connectivity index (χ2n) is 3.43. The molecule has 0 saturated heterocycles. The maximum atomic E-state index is 11.0. The first-order valence-electron chi connectivity index (χ1n) is 4.88. The molecule has 0 aromatic heterocycles. The fourth-order valence-electron chi connectivity index (χ4n) is 1.12. The Hall–Kier alpha value is -0.970. The molecule has 98 valence electrons. The number of benzene rings is 1. The van der Waals surface area contributed by atoms with E-state index < -0.39 is 15.9 Å². The highest BCUT2D eigenvalue weighted by Crippen LogP contribution is 2.31. The Balaban J connectivity index is 2.82. The second-order valence-corrected chi connectivity index (χ2v) is 5.80. The van der Waals surface area contributed by atoms with Crippen molar-refractivity contribution in [1.29, 1.82) is 0 Å². The molecule has 0 aliphatic rings. The first kappa shape index (κ1) is 15.1. The van der Waals surface area contributed by atoms with E-state index in [9.17, 15) is 9.59 Å². The van der Waals surface area contributed by atoms with Crippen LogP contribution in [-0.4, -0.2) is 22.2 Å². The van der Waals surface area contributed by atoms with Crippen molar-refractivity contribution in [3.8, 4) is 5.75 Å². The van der Waals surface area contributed by atoms with Gasteiger partial charge in [0, 0.05) is 12.5 Å². The van der Waals surface area contributed by atoms with Crippen LogP contribution in [0.2, 0.25) is 0 Å². The smallest absolute Gasteiger partial charge is 0.246 e. The Bertz CT molecular complexity index is 428. The summed E-state index contributed by atoms with van der Waals surface area (Å²) in [5.41, 5.74) is 0.493. The summed E-state index contributed by atoms with van der Waals surface area (Å²) >= 11 is 17.1. The van der Waals surface area contributed by atoms with E-state index >= 15 is 0 Å². The first-order valence-corrected chi connectivity index (χ1v) is 6.02. The van der Waals surface area contributed by atoms with Crippen molar-refractivity contribution in [2.24, 2.45) is 0 Å². The van der Waals surface area contributed by atoms with Crippen LogP contribution in [-0.2, 0) is 4.79 Å². The molecular formula is C11H10Cl3NO3. The van der Waals surface area contributed by atoms with E-state index in [1.54, 1.807) is 12.1 Å². The molecule has 7 heteroatoms. The van der Waals surface area contributed by atoms with Gasteiger partial charge < -0.3 is 10.1 Å². The summed E-state index contributed by atoms with van der Waals surface area (Å²) in [5, 5.41) is 2.37. The summed E-state index contributed by atoms with van der Waals surface area (Å²) < 4.78 is 3.54. The number of aldehydes is 1. The van der Waals surface area contributed by atoms with Crippen molar-refractivity contribution in [3.63, 3.8) is 0 Å². The lowest BCUT2D eigenvalue weighted by Crippen LogP contribution is -2.47. The molecular weight excluding hydrogens is 300 g/mol. The lowest BCUT2D eigenvalue weighted by molar-refractivity contribution is -0.121. The minimum Gasteiger partial charge on any atom is -0.466 e. The average Bonchev–Trinajstić information content (AvgIpc) is 2.27. The van der Waals surface area contributed by atoms with Crippen LogP contribution in [0, 0.1) is 0 Å². The Morgan fingerprint density at radius 1 is 1.33 bits per heavy atom. The van der Waals surface area contributed by atoms with Gasteiger partial charge in [-0.05, 0) is 24.3 Å². The summed E-state index contributed by atoms with van der Waals surface area (Å²) in [5.74, 6) is -0.0264. The van der Waals surface area contributed by atoms with E-state index in [2.05, 4.69) is 5.32 Å². The molecule has 0 saturated carbocycles. The predicted molar refractivity (Wildman–Crippen MR) is 70.4 cm³/mol. The van der Waals surface area contributed by atoms with Crippen molar-refractivity contribution in [3.05, 3.63) is 29.8 Å². The summed E-state index contributed by atoms with van der Waals surface area (Å²) in [6.07, 6.45) is -0.425. The molecule has 4 nitrogen and oxygen atoms in total. The zero-order chi connectivity index (χ0) is 13.8. The van der Waals surface area contributed by atoms with Gasteiger partial charge in [-0.1, -0.05) is 34.8 Å². The zero-order valence-electron chi connectivity index (χ0n) is 9.32. The predicted octanol–water partition coefficient (Wildman–Crippen LogP) is 2.71. The Morgan fingerprint density at radius 3 is 2.28 bits per heavy atom. The Morgan fingerprint density at radius 2 is 1.89 bits per heavy atom. The molecule has 1 rings (SSSR count). The number of halogens is 3. The van der Waals surface area contributed by atoms with Gasteiger partial charge in [-0.25, -0.2) is 0 Å². The molecule has 1 aromatic carbocycles. The molecule has 0 aliphatic carbocycles. The van der Waals surface area contributed by atoms with E-state index in [1.165, 1.54) is 19.1 Å². The van der Waals surface area contributed by atoms with E-state index in [-0.39, 0.29) is 0 Å². The second kappa shape index (κ2) is 6.27. The lowest BCUT2D eigenvalue weighted by Gasteiger charge is -2.25. The summed E-state index contributed by atoms with van der Waals surface area (Å²) in [6, 6.07) is 6.17. The molecule has 0 heterocycles. The third kappa shape index (κ3) is 4.72. The largest absolute Gasteiger partial charge is 0.466 e. The van der Waals surface area contributed by atoms with Crippen LogP contribution in [0.3, 0.4) is 0 Å². The van der Waals surface area contributed by atoms with Gasteiger partial charge in [-0.3, -0.25) is 9.59 Å². The third-order valence-electron chi connectivity index (χ3n) is 1.90. The standard InChI is InChI=1S/C11H10Cl3NO3/c1-7(17)15-10(11(12,13)14)18-9-4-2-8(6-16)3-5-9/h2-6,10H,1H3,(H,15,17). The quantitative estimate of drug-likeness (QED) is 0.528. The highest BCUT2D eigenvalue weighted by molar-refractivity contribution is 6.68.